The van der Waals surface area contributed by atoms with Crippen LogP contribution in [0.1, 0.15) is 24.5 Å². The molecule has 1 atom stereocenters. The summed E-state index contributed by atoms with van der Waals surface area (Å²) < 4.78 is 16.1. The molecule has 1 saturated heterocycles. The highest BCUT2D eigenvalue weighted by atomic mass is 16.5. The predicted molar refractivity (Wildman–Crippen MR) is 149 cm³/mol. The van der Waals surface area contributed by atoms with E-state index < -0.39 is 18.0 Å². The van der Waals surface area contributed by atoms with Crippen LogP contribution in [-0.4, -0.2) is 56.2 Å². The van der Waals surface area contributed by atoms with Crippen LogP contribution >= 0.6 is 0 Å². The van der Waals surface area contributed by atoms with Gasteiger partial charge in [-0.25, -0.2) is 9.69 Å². The molecule has 0 aliphatic carbocycles. The molecule has 0 bridgehead atoms. The third-order valence-electron chi connectivity index (χ3n) is 6.53. The number of rotatable bonds is 11. The molecular formula is C30H33N3O6. The third-order valence-corrected chi connectivity index (χ3v) is 6.53. The van der Waals surface area contributed by atoms with Crippen LogP contribution < -0.4 is 24.4 Å². The fourth-order valence-corrected chi connectivity index (χ4v) is 4.49. The van der Waals surface area contributed by atoms with Crippen LogP contribution in [-0.2, 0) is 16.0 Å². The van der Waals surface area contributed by atoms with Gasteiger partial charge in [0, 0.05) is 12.2 Å². The van der Waals surface area contributed by atoms with Crippen molar-refractivity contribution in [3.05, 3.63) is 77.9 Å². The van der Waals surface area contributed by atoms with Gasteiger partial charge in [0.05, 0.1) is 32.9 Å². The van der Waals surface area contributed by atoms with Gasteiger partial charge in [0.25, 0.3) is 5.91 Å². The van der Waals surface area contributed by atoms with Crippen LogP contribution in [0.15, 0.2) is 66.7 Å². The smallest absolute Gasteiger partial charge is 0.332 e. The topological polar surface area (TPSA) is 97.4 Å². The maximum Gasteiger partial charge on any atom is 0.332 e. The molecule has 1 N–H and O–H groups in total. The van der Waals surface area contributed by atoms with Gasteiger partial charge in [0.2, 0.25) is 5.91 Å². The van der Waals surface area contributed by atoms with Crippen molar-refractivity contribution < 1.29 is 28.6 Å². The number of nitrogens with zero attached hydrogens (tertiary/aromatic N) is 2. The number of carbonyl (C=O) groups excluding carboxylic acids is 3. The summed E-state index contributed by atoms with van der Waals surface area (Å²) in [7, 11) is 3.12. The molecule has 9 nitrogen and oxygen atoms in total. The summed E-state index contributed by atoms with van der Waals surface area (Å²) in [6, 6.07) is 18.3. The number of urea groups is 1. The molecule has 1 fully saturated rings. The molecule has 0 radical (unpaired) electrons. The molecule has 9 heteroatoms. The molecule has 0 saturated carbocycles. The minimum absolute atomic E-state index is 0.175. The Kier molecular flexibility index (Phi) is 8.70. The zero-order chi connectivity index (χ0) is 27.9. The predicted octanol–water partition coefficient (Wildman–Crippen LogP) is 4.82. The highest BCUT2D eigenvalue weighted by Crippen LogP contribution is 2.30. The van der Waals surface area contributed by atoms with Crippen molar-refractivity contribution >= 4 is 29.2 Å². The van der Waals surface area contributed by atoms with Gasteiger partial charge in [-0.3, -0.25) is 9.59 Å². The van der Waals surface area contributed by atoms with Gasteiger partial charge in [-0.05, 0) is 74.4 Å². The number of methoxy groups -OCH3 is 2. The summed E-state index contributed by atoms with van der Waals surface area (Å²) in [6.07, 6.45) is 0.282. The Hall–Kier alpha value is -4.53. The lowest BCUT2D eigenvalue weighted by atomic mass is 10.1. The number of ether oxygens (including phenoxy) is 3. The number of amides is 4. The Morgan fingerprint density at radius 1 is 0.923 bits per heavy atom. The largest absolute Gasteiger partial charge is 0.494 e. The zero-order valence-corrected chi connectivity index (χ0v) is 22.6. The van der Waals surface area contributed by atoms with Crippen LogP contribution in [0.5, 0.6) is 17.2 Å². The fraction of sp³-hybridized carbons (Fsp3) is 0.300. The second-order valence-electron chi connectivity index (χ2n) is 9.15. The zero-order valence-electron chi connectivity index (χ0n) is 22.6. The van der Waals surface area contributed by atoms with E-state index in [0.29, 0.717) is 41.7 Å². The molecule has 3 aromatic carbocycles. The molecule has 1 aliphatic rings. The van der Waals surface area contributed by atoms with Crippen LogP contribution in [0, 0.1) is 6.92 Å². The van der Waals surface area contributed by atoms with Gasteiger partial charge >= 0.3 is 6.03 Å². The van der Waals surface area contributed by atoms with E-state index in [2.05, 4.69) is 5.32 Å². The fourth-order valence-electron chi connectivity index (χ4n) is 4.49. The molecule has 1 aliphatic heterocycles. The van der Waals surface area contributed by atoms with Crippen molar-refractivity contribution in [2.45, 2.75) is 32.7 Å². The first-order valence-electron chi connectivity index (χ1n) is 12.8. The molecule has 0 spiro atoms. The molecular weight excluding hydrogens is 498 g/mol. The highest BCUT2D eigenvalue weighted by Gasteiger charge is 2.46. The summed E-state index contributed by atoms with van der Waals surface area (Å²) in [5, 5.41) is 2.82. The lowest BCUT2D eigenvalue weighted by Gasteiger charge is -2.22. The molecule has 0 unspecified atom stereocenters. The Morgan fingerprint density at radius 2 is 1.62 bits per heavy atom. The number of benzene rings is 3. The third kappa shape index (κ3) is 6.31. The lowest BCUT2D eigenvalue weighted by molar-refractivity contribution is -0.124. The summed E-state index contributed by atoms with van der Waals surface area (Å²) in [5.74, 6) is 1.07. The van der Waals surface area contributed by atoms with Crippen molar-refractivity contribution in [3.8, 4) is 17.2 Å². The van der Waals surface area contributed by atoms with Gasteiger partial charge in [0.1, 0.15) is 11.8 Å². The summed E-state index contributed by atoms with van der Waals surface area (Å²) in [5.41, 5.74) is 2.96. The first kappa shape index (κ1) is 27.5. The summed E-state index contributed by atoms with van der Waals surface area (Å²) in [6.45, 7) is 4.61. The molecule has 3 aromatic rings. The van der Waals surface area contributed by atoms with E-state index in [1.54, 1.807) is 56.7 Å². The molecule has 39 heavy (non-hydrogen) atoms. The first-order chi connectivity index (χ1) is 18.8. The van der Waals surface area contributed by atoms with E-state index in [9.17, 15) is 14.4 Å². The number of aryl methyl sites for hydroxylation is 1. The van der Waals surface area contributed by atoms with Crippen LogP contribution in [0.2, 0.25) is 0 Å². The van der Waals surface area contributed by atoms with Gasteiger partial charge in [-0.15, -0.1) is 0 Å². The molecule has 204 valence electrons. The Balaban J connectivity index is 1.54. The van der Waals surface area contributed by atoms with Gasteiger partial charge < -0.3 is 24.4 Å². The van der Waals surface area contributed by atoms with Gasteiger partial charge in [0.15, 0.2) is 11.5 Å². The first-order valence-corrected chi connectivity index (χ1v) is 12.8. The number of hydrogen-bond donors (Lipinski definition) is 1. The lowest BCUT2D eigenvalue weighted by Crippen LogP contribution is -2.39. The van der Waals surface area contributed by atoms with Gasteiger partial charge in [-0.2, -0.15) is 0 Å². The van der Waals surface area contributed by atoms with Crippen molar-refractivity contribution in [2.24, 2.45) is 0 Å². The summed E-state index contributed by atoms with van der Waals surface area (Å²) >= 11 is 0. The number of hydrogen-bond acceptors (Lipinski definition) is 6. The van der Waals surface area contributed by atoms with Crippen molar-refractivity contribution in [3.63, 3.8) is 0 Å². The molecule has 4 amide bonds. The molecule has 1 heterocycles. The van der Waals surface area contributed by atoms with Crippen LogP contribution in [0.4, 0.5) is 16.2 Å². The van der Waals surface area contributed by atoms with Crippen molar-refractivity contribution in [2.75, 3.05) is 37.6 Å². The number of nitrogens with one attached hydrogen (secondary N) is 1. The maximum absolute atomic E-state index is 13.5. The van der Waals surface area contributed by atoms with E-state index in [0.717, 1.165) is 16.0 Å². The average molecular weight is 532 g/mol. The van der Waals surface area contributed by atoms with Crippen molar-refractivity contribution in [1.82, 2.24) is 4.90 Å². The van der Waals surface area contributed by atoms with Crippen molar-refractivity contribution in [1.29, 1.82) is 0 Å². The average Bonchev–Trinajstić information content (AvgIpc) is 3.17. The van der Waals surface area contributed by atoms with E-state index in [1.165, 1.54) is 4.90 Å². The monoisotopic (exact) mass is 531 g/mol. The van der Waals surface area contributed by atoms with E-state index in [1.807, 2.05) is 38.1 Å². The Bertz CT molecular complexity index is 1320. The van der Waals surface area contributed by atoms with Crippen LogP contribution in [0.25, 0.3) is 0 Å². The Morgan fingerprint density at radius 3 is 2.26 bits per heavy atom. The van der Waals surface area contributed by atoms with Crippen LogP contribution in [0.3, 0.4) is 0 Å². The number of anilines is 2. The normalized spacial score (nSPS) is 14.9. The quantitative estimate of drug-likeness (QED) is 0.357. The highest BCUT2D eigenvalue weighted by molar-refractivity contribution is 6.22. The molecule has 4 rings (SSSR count). The second kappa shape index (κ2) is 12.3. The summed E-state index contributed by atoms with van der Waals surface area (Å²) in [4.78, 5) is 42.7. The maximum atomic E-state index is 13.5. The molecule has 0 aromatic heterocycles. The van der Waals surface area contributed by atoms with E-state index in [-0.39, 0.29) is 18.9 Å². The second-order valence-corrected chi connectivity index (χ2v) is 9.15. The van der Waals surface area contributed by atoms with E-state index in [4.69, 9.17) is 14.2 Å². The number of carbonyl (C=O) groups is 3. The minimum Gasteiger partial charge on any atom is -0.494 e. The minimum atomic E-state index is -0.943. The standard InChI is InChI=1S/C30H33N3O6/c1-5-39-24-13-9-22(10-14-24)31-28(34)19-25-29(35)33(23-11-6-20(2)7-12-23)30(36)32(25)17-16-21-8-15-26(37-3)27(18-21)38-4/h6-15,18,25H,5,16-17,19H2,1-4H3,(H,31,34)/t25-/m1/s1. The SMILES string of the molecule is CCOc1ccc(NC(=O)C[C@@H]2C(=O)N(c3ccc(C)cc3)C(=O)N2CCc2ccc(OC)c(OC)c2)cc1. The van der Waals surface area contributed by atoms with Gasteiger partial charge in [-0.1, -0.05) is 23.8 Å². The Labute approximate surface area is 228 Å². The van der Waals surface area contributed by atoms with E-state index >= 15 is 0 Å². The number of imide groups is 1.